The summed E-state index contributed by atoms with van der Waals surface area (Å²) in [6.45, 7) is 54.1. The van der Waals surface area contributed by atoms with E-state index in [0.717, 1.165) is 36.3 Å². The fourth-order valence-corrected chi connectivity index (χ4v) is 20.6. The number of nitrogens with zero attached hydrogens (tertiary/aromatic N) is 5. The fraction of sp³-hybridized carbons (Fsp3) is 0.304. The van der Waals surface area contributed by atoms with Crippen LogP contribution in [0.3, 0.4) is 0 Å². The Balaban J connectivity index is 0.783. The van der Waals surface area contributed by atoms with Crippen molar-refractivity contribution in [2.45, 2.75) is 216 Å². The Labute approximate surface area is 710 Å². The number of para-hydroxylation sites is 1. The Kier molecular flexibility index (Phi) is 17.7. The molecule has 1 aliphatic carbocycles. The van der Waals surface area contributed by atoms with Crippen LogP contribution in [0.1, 0.15) is 214 Å². The number of aromatic nitrogens is 1. The van der Waals surface area contributed by atoms with Gasteiger partial charge in [-0.1, -0.05) is 292 Å². The van der Waals surface area contributed by atoms with Crippen LogP contribution >= 0.6 is 0 Å². The molecule has 0 radical (unpaired) electrons. The van der Waals surface area contributed by atoms with Gasteiger partial charge in [-0.15, -0.1) is 0 Å². The number of aryl methyl sites for hydroxylation is 1. The van der Waals surface area contributed by atoms with Crippen molar-refractivity contribution < 1.29 is 0 Å². The molecule has 0 spiro atoms. The van der Waals surface area contributed by atoms with E-state index in [9.17, 15) is 0 Å². The predicted molar refractivity (Wildman–Crippen MR) is 516 cm³/mol. The highest BCUT2D eigenvalue weighted by atomic mass is 15.2. The van der Waals surface area contributed by atoms with Crippen LogP contribution in [0, 0.1) is 12.3 Å². The number of benzene rings is 13. The van der Waals surface area contributed by atoms with Gasteiger partial charge in [0.1, 0.15) is 0 Å². The van der Waals surface area contributed by atoms with Crippen molar-refractivity contribution >= 4 is 136 Å². The molecule has 596 valence electrons. The predicted octanol–water partition coefficient (Wildman–Crippen LogP) is 26.4. The summed E-state index contributed by atoms with van der Waals surface area (Å²) >= 11 is 0. The van der Waals surface area contributed by atoms with Crippen molar-refractivity contribution in [3.8, 4) is 16.8 Å². The summed E-state index contributed by atoms with van der Waals surface area (Å²) in [5, 5.41) is 2.53. The Morgan fingerprint density at radius 2 is 0.672 bits per heavy atom. The zero-order valence-corrected chi connectivity index (χ0v) is 74.8. The van der Waals surface area contributed by atoms with E-state index in [1.807, 2.05) is 0 Å². The Hall–Kier alpha value is -11.0. The fourth-order valence-electron chi connectivity index (χ4n) is 20.6. The maximum atomic E-state index is 2.70. The van der Waals surface area contributed by atoms with E-state index in [4.69, 9.17) is 0 Å². The van der Waals surface area contributed by atoms with Gasteiger partial charge in [0.15, 0.2) is 0 Å². The Morgan fingerprint density at radius 3 is 1.18 bits per heavy atom. The lowest BCUT2D eigenvalue weighted by molar-refractivity contribution is 0.344. The van der Waals surface area contributed by atoms with Crippen LogP contribution in [0.5, 0.6) is 0 Å². The molecule has 7 heteroatoms. The van der Waals surface area contributed by atoms with Crippen LogP contribution in [0.25, 0.3) is 38.6 Å². The highest BCUT2D eigenvalue weighted by Gasteiger charge is 2.49. The monoisotopic (exact) mass is 1550 g/mol. The van der Waals surface area contributed by atoms with Gasteiger partial charge in [0.2, 0.25) is 0 Å². The highest BCUT2D eigenvalue weighted by Crippen LogP contribution is 2.54. The van der Waals surface area contributed by atoms with Gasteiger partial charge in [0.05, 0.1) is 22.4 Å². The van der Waals surface area contributed by atoms with Crippen molar-refractivity contribution in [3.63, 3.8) is 0 Å². The molecule has 0 amide bonds. The van der Waals surface area contributed by atoms with Gasteiger partial charge in [-0.3, -0.25) is 0 Å². The van der Waals surface area contributed by atoms with Crippen molar-refractivity contribution in [1.29, 1.82) is 0 Å². The number of fused-ring (bicyclic) bond motifs is 12. The molecule has 0 saturated carbocycles. The van der Waals surface area contributed by atoms with Gasteiger partial charge in [-0.2, -0.15) is 0 Å². The largest absolute Gasteiger partial charge is 0.311 e. The number of anilines is 12. The van der Waals surface area contributed by atoms with Gasteiger partial charge < -0.3 is 24.2 Å². The molecule has 0 fully saturated rings. The highest BCUT2D eigenvalue weighted by molar-refractivity contribution is 7.01. The van der Waals surface area contributed by atoms with E-state index in [2.05, 4.69) is 438 Å². The molecule has 4 aliphatic heterocycles. The molecule has 0 bridgehead atoms. The average molecular weight is 1550 g/mol. The minimum Gasteiger partial charge on any atom is -0.311 e. The van der Waals surface area contributed by atoms with Crippen LogP contribution in [0.15, 0.2) is 255 Å². The molecule has 19 rings (SSSR count). The molecule has 0 N–H and O–H groups in total. The molecule has 13 aromatic carbocycles. The van der Waals surface area contributed by atoms with Crippen molar-refractivity contribution in [1.82, 2.24) is 4.57 Å². The normalized spacial score (nSPS) is 15.8. The topological polar surface area (TPSA) is 17.9 Å². The van der Waals surface area contributed by atoms with Gasteiger partial charge >= 0.3 is 0 Å². The van der Waals surface area contributed by atoms with Crippen molar-refractivity contribution in [2.24, 2.45) is 5.41 Å². The minimum absolute atomic E-state index is 0.0144. The first-order chi connectivity index (χ1) is 56.1. The molecule has 119 heavy (non-hydrogen) atoms. The summed E-state index contributed by atoms with van der Waals surface area (Å²) in [5.74, 6) is 0. The zero-order chi connectivity index (χ0) is 83.6. The quantitative estimate of drug-likeness (QED) is 0.141. The average Bonchev–Trinajstić information content (AvgIpc) is 1.38. The van der Waals surface area contributed by atoms with Gasteiger partial charge in [-0.05, 0) is 284 Å². The molecular formula is C112H117B2N5. The molecule has 1 unspecified atom stereocenters. The van der Waals surface area contributed by atoms with Crippen molar-refractivity contribution in [3.05, 3.63) is 316 Å². The van der Waals surface area contributed by atoms with Gasteiger partial charge in [-0.25, -0.2) is 0 Å². The second-order valence-corrected chi connectivity index (χ2v) is 43.4. The summed E-state index contributed by atoms with van der Waals surface area (Å²) in [6.07, 6.45) is 2.85. The minimum atomic E-state index is -0.0941. The first-order valence-corrected chi connectivity index (χ1v) is 43.8. The second kappa shape index (κ2) is 27.0. The molecule has 1 aromatic heterocycles. The van der Waals surface area contributed by atoms with E-state index in [0.29, 0.717) is 0 Å². The number of hydrogen-bond donors (Lipinski definition) is 0. The summed E-state index contributed by atoms with van der Waals surface area (Å²) in [4.78, 5) is 10.6. The maximum Gasteiger partial charge on any atom is 0.252 e. The summed E-state index contributed by atoms with van der Waals surface area (Å²) in [5.41, 5.74) is 43.0. The molecule has 0 saturated heterocycles. The Bertz CT molecular complexity index is 6320. The SMILES string of the molecule is Cc1cc2c3c(c1)N(c1ccc(C(C)(C)C)cc1-c1ccccc1)c1cc4c(cc1B3c1cc(C(C)(C)C)ccc1N2c1ccc(C(C)(C)C)cc1)CC(C)(Cc1ccc2c(c1)c1ccccc1n2-c1cc2c3c(c1)N(c1ccc(C(C)(C)C)cc1)c1cc(C(C)(C)C)ccc1B3c1ccc(C(C)(C)C)cc1N2c1ccc(C(C)(C)C)cc1)C4. The van der Waals surface area contributed by atoms with Crippen LogP contribution < -0.4 is 52.4 Å². The second-order valence-electron chi connectivity index (χ2n) is 43.4. The third kappa shape index (κ3) is 13.1. The molecule has 14 aromatic rings. The molecule has 5 aliphatic rings. The van der Waals surface area contributed by atoms with Crippen molar-refractivity contribution in [2.75, 3.05) is 19.6 Å². The van der Waals surface area contributed by atoms with E-state index >= 15 is 0 Å². The molecule has 1 atom stereocenters. The van der Waals surface area contributed by atoms with Crippen LogP contribution in [-0.2, 0) is 57.2 Å². The van der Waals surface area contributed by atoms with E-state index < -0.39 is 0 Å². The molecular weight excluding hydrogens is 1440 g/mol. The lowest BCUT2D eigenvalue weighted by Gasteiger charge is -2.45. The maximum absolute atomic E-state index is 2.70. The van der Waals surface area contributed by atoms with E-state index in [1.54, 1.807) is 0 Å². The standard InChI is InChI=1S/C112H117B2N5/c1-69-55-99-103-100(56-69)119(93-53-42-77(108(11,12)13)60-86(93)71-29-25-24-26-30-71)96-59-73-68-112(23,67-72(73)58-90(96)114(103)91-61-78(109(14,15)16)43-54-95(91)115(99)81-44-34-74(35-45-81)105(2,3)4)66-70-33-52-94-87(57-70)85-31-27-28-32-92(85)118(94)84-64-101-104-102(65-84)117(83-48-38-76(39-49-83)107(8,9)10)98-63-80(111(20,21)22)41-51-89(98)113(104)88-50-40-79(110(17,18)19)62-97(88)116(101)82-46-36-75(37-47-82)106(5,6)7/h24-65H,66-68H2,1-23H3. The third-order valence-electron chi connectivity index (χ3n) is 27.2. The van der Waals surface area contributed by atoms with E-state index in [-0.39, 0.29) is 56.7 Å². The lowest BCUT2D eigenvalue weighted by atomic mass is 9.33. The first-order valence-electron chi connectivity index (χ1n) is 43.8. The van der Waals surface area contributed by atoms with Crippen LogP contribution in [-0.4, -0.2) is 18.0 Å². The van der Waals surface area contributed by atoms with E-state index in [1.165, 1.54) is 184 Å². The summed E-state index contributed by atoms with van der Waals surface area (Å²) in [7, 11) is 0. The molecule has 5 heterocycles. The van der Waals surface area contributed by atoms with Gasteiger partial charge in [0.25, 0.3) is 13.4 Å². The number of rotatable bonds is 8. The summed E-state index contributed by atoms with van der Waals surface area (Å²) in [6, 6.07) is 102. The molecule has 5 nitrogen and oxygen atoms in total. The third-order valence-corrected chi connectivity index (χ3v) is 27.2. The zero-order valence-electron chi connectivity index (χ0n) is 74.8. The van der Waals surface area contributed by atoms with Gasteiger partial charge in [0, 0.05) is 78.9 Å². The first kappa shape index (κ1) is 77.9. The van der Waals surface area contributed by atoms with Crippen LogP contribution in [0.2, 0.25) is 0 Å². The van der Waals surface area contributed by atoms with Crippen LogP contribution in [0.4, 0.5) is 68.2 Å². The lowest BCUT2D eigenvalue weighted by Crippen LogP contribution is -2.61. The Morgan fingerprint density at radius 1 is 0.286 bits per heavy atom. The number of hydrogen-bond acceptors (Lipinski definition) is 4. The summed E-state index contributed by atoms with van der Waals surface area (Å²) < 4.78 is 2.61. The smallest absolute Gasteiger partial charge is 0.252 e.